The maximum atomic E-state index is 12.7. The van der Waals surface area contributed by atoms with Crippen molar-refractivity contribution in [2.45, 2.75) is 193 Å². The molecule has 0 saturated heterocycles. The fourth-order valence-corrected chi connectivity index (χ4v) is 6.30. The van der Waals surface area contributed by atoms with Gasteiger partial charge in [-0.25, -0.2) is 4.57 Å². The van der Waals surface area contributed by atoms with E-state index < -0.39 is 20.0 Å². The molecule has 5 N–H and O–H groups in total. The predicted molar refractivity (Wildman–Crippen MR) is 198 cm³/mol. The lowest BCUT2D eigenvalue weighted by molar-refractivity contribution is -0.123. The zero-order chi connectivity index (χ0) is 34.7. The van der Waals surface area contributed by atoms with Crippen molar-refractivity contribution >= 4 is 13.7 Å². The molecule has 0 aliphatic heterocycles. The molecule has 0 radical (unpaired) electrons. The summed E-state index contributed by atoms with van der Waals surface area (Å²) in [7, 11) is -4.33. The molecule has 0 rings (SSSR count). The van der Waals surface area contributed by atoms with Crippen LogP contribution in [0.3, 0.4) is 0 Å². The van der Waals surface area contributed by atoms with Crippen LogP contribution in [-0.4, -0.2) is 47.8 Å². The second-order valence-corrected chi connectivity index (χ2v) is 14.6. The average Bonchev–Trinajstić information content (AvgIpc) is 3.05. The molecule has 1 amide bonds. The summed E-state index contributed by atoms with van der Waals surface area (Å²) in [6, 6.07) is -0.860. The number of carbonyl (C=O) groups is 1. The van der Waals surface area contributed by atoms with Crippen LogP contribution in [0, 0.1) is 0 Å². The first-order valence-corrected chi connectivity index (χ1v) is 21.0. The SMILES string of the molecule is CCCCC/C=C\CCCCCCCC(=O)NC(COP(=O)(O)OCCN)C(O)/C=C/CCCCCCCCCCCCCCCC. The van der Waals surface area contributed by atoms with Crippen molar-refractivity contribution in [3.63, 3.8) is 0 Å². The summed E-state index contributed by atoms with van der Waals surface area (Å²) < 4.78 is 22.0. The van der Waals surface area contributed by atoms with Gasteiger partial charge in [0.2, 0.25) is 5.91 Å². The minimum Gasteiger partial charge on any atom is -0.387 e. The maximum Gasteiger partial charge on any atom is 0.472 e. The molecule has 0 spiro atoms. The van der Waals surface area contributed by atoms with E-state index in [0.717, 1.165) is 51.4 Å². The Labute approximate surface area is 289 Å². The van der Waals surface area contributed by atoms with Gasteiger partial charge in [0.1, 0.15) is 0 Å². The molecule has 47 heavy (non-hydrogen) atoms. The number of nitrogens with two attached hydrogens (primary N) is 1. The van der Waals surface area contributed by atoms with E-state index in [-0.39, 0.29) is 25.7 Å². The molecule has 0 aliphatic carbocycles. The summed E-state index contributed by atoms with van der Waals surface area (Å²) >= 11 is 0. The van der Waals surface area contributed by atoms with E-state index in [4.69, 9.17) is 14.8 Å². The number of allylic oxidation sites excluding steroid dienone is 3. The summed E-state index contributed by atoms with van der Waals surface area (Å²) in [5.41, 5.74) is 5.35. The Balaban J connectivity index is 4.30. The van der Waals surface area contributed by atoms with Gasteiger partial charge >= 0.3 is 7.82 Å². The van der Waals surface area contributed by atoms with Gasteiger partial charge in [-0.15, -0.1) is 0 Å². The Morgan fingerprint density at radius 2 is 1.11 bits per heavy atom. The third-order valence-electron chi connectivity index (χ3n) is 8.52. The molecule has 0 aromatic carbocycles. The largest absolute Gasteiger partial charge is 0.472 e. The molecular weight excluding hydrogens is 611 g/mol. The van der Waals surface area contributed by atoms with E-state index in [2.05, 4.69) is 31.3 Å². The lowest BCUT2D eigenvalue weighted by atomic mass is 10.0. The number of unbranched alkanes of at least 4 members (excludes halogenated alkanes) is 22. The normalized spacial score (nSPS) is 14.6. The summed E-state index contributed by atoms with van der Waals surface area (Å²) in [5.74, 6) is -0.205. The van der Waals surface area contributed by atoms with Gasteiger partial charge in [-0.05, 0) is 44.9 Å². The van der Waals surface area contributed by atoms with Crippen LogP contribution >= 0.6 is 7.82 Å². The second-order valence-electron chi connectivity index (χ2n) is 13.1. The smallest absolute Gasteiger partial charge is 0.387 e. The Morgan fingerprint density at radius 3 is 1.62 bits per heavy atom. The molecular formula is C38H75N2O6P. The number of phosphoric ester groups is 1. The van der Waals surface area contributed by atoms with Crippen LogP contribution in [0.15, 0.2) is 24.3 Å². The molecule has 8 nitrogen and oxygen atoms in total. The highest BCUT2D eigenvalue weighted by Crippen LogP contribution is 2.43. The van der Waals surface area contributed by atoms with Gasteiger partial charge in [-0.1, -0.05) is 154 Å². The molecule has 3 atom stereocenters. The van der Waals surface area contributed by atoms with Crippen molar-refractivity contribution in [1.82, 2.24) is 5.32 Å². The fraction of sp³-hybridized carbons (Fsp3) is 0.868. The van der Waals surface area contributed by atoms with Gasteiger partial charge in [0.15, 0.2) is 0 Å². The van der Waals surface area contributed by atoms with Crippen molar-refractivity contribution in [2.75, 3.05) is 19.8 Å². The summed E-state index contributed by atoms with van der Waals surface area (Å²) in [6.45, 7) is 4.09. The van der Waals surface area contributed by atoms with E-state index in [1.165, 1.54) is 109 Å². The zero-order valence-electron chi connectivity index (χ0n) is 30.5. The highest BCUT2D eigenvalue weighted by molar-refractivity contribution is 7.47. The molecule has 0 aromatic rings. The highest BCUT2D eigenvalue weighted by Gasteiger charge is 2.26. The number of hydrogen-bond donors (Lipinski definition) is 4. The van der Waals surface area contributed by atoms with E-state index in [1.807, 2.05) is 6.08 Å². The third-order valence-corrected chi connectivity index (χ3v) is 9.51. The van der Waals surface area contributed by atoms with Crippen LogP contribution in [0.4, 0.5) is 0 Å². The predicted octanol–water partition coefficient (Wildman–Crippen LogP) is 10.2. The minimum atomic E-state index is -4.33. The third kappa shape index (κ3) is 33.3. The second kappa shape index (κ2) is 34.8. The molecule has 0 bridgehead atoms. The standard InChI is InChI=1S/C38H75N2O6P/c1-3-5-7-9-11-13-15-17-18-19-20-21-23-25-27-29-31-37(41)36(35-46-47(43,44)45-34-33-39)40-38(42)32-30-28-26-24-22-16-14-12-10-8-6-4-2/h12,14,29,31,36-37,41H,3-11,13,15-28,30,32-35,39H2,1-2H3,(H,40,42)(H,43,44)/b14-12-,31-29+. The molecule has 0 heterocycles. The lowest BCUT2D eigenvalue weighted by Crippen LogP contribution is -2.45. The molecule has 3 unspecified atom stereocenters. The summed E-state index contributed by atoms with van der Waals surface area (Å²) in [5, 5.41) is 13.6. The maximum absolute atomic E-state index is 12.7. The molecule has 278 valence electrons. The lowest BCUT2D eigenvalue weighted by Gasteiger charge is -2.23. The van der Waals surface area contributed by atoms with Crippen molar-refractivity contribution in [1.29, 1.82) is 0 Å². The van der Waals surface area contributed by atoms with E-state index in [9.17, 15) is 19.4 Å². The Hall–Kier alpha value is -1.02. The number of phosphoric acid groups is 1. The number of aliphatic hydroxyl groups is 1. The average molecular weight is 687 g/mol. The van der Waals surface area contributed by atoms with E-state index in [0.29, 0.717) is 6.42 Å². The van der Waals surface area contributed by atoms with Gasteiger partial charge in [-0.3, -0.25) is 13.8 Å². The van der Waals surface area contributed by atoms with Crippen LogP contribution in [0.1, 0.15) is 181 Å². The van der Waals surface area contributed by atoms with Gasteiger partial charge in [-0.2, -0.15) is 0 Å². The van der Waals surface area contributed by atoms with Crippen LogP contribution in [0.2, 0.25) is 0 Å². The van der Waals surface area contributed by atoms with Crippen molar-refractivity contribution in [3.8, 4) is 0 Å². The monoisotopic (exact) mass is 687 g/mol. The number of carbonyl (C=O) groups excluding carboxylic acids is 1. The molecule has 0 saturated carbocycles. The number of amides is 1. The highest BCUT2D eigenvalue weighted by atomic mass is 31.2. The number of hydrogen-bond acceptors (Lipinski definition) is 6. The summed E-state index contributed by atoms with van der Waals surface area (Å²) in [4.78, 5) is 22.6. The minimum absolute atomic E-state index is 0.0778. The van der Waals surface area contributed by atoms with Gasteiger partial charge in [0.05, 0.1) is 25.4 Å². The molecule has 9 heteroatoms. The van der Waals surface area contributed by atoms with Crippen molar-refractivity contribution in [2.24, 2.45) is 5.73 Å². The summed E-state index contributed by atoms with van der Waals surface area (Å²) in [6.07, 6.45) is 37.9. The number of aliphatic hydroxyl groups excluding tert-OH is 1. The molecule has 0 fully saturated rings. The molecule has 0 aromatic heterocycles. The molecule has 0 aliphatic rings. The van der Waals surface area contributed by atoms with Crippen LogP contribution in [0.25, 0.3) is 0 Å². The first-order valence-electron chi connectivity index (χ1n) is 19.5. The van der Waals surface area contributed by atoms with Gasteiger partial charge in [0.25, 0.3) is 0 Å². The van der Waals surface area contributed by atoms with Crippen LogP contribution in [-0.2, 0) is 18.4 Å². The first kappa shape index (κ1) is 46.0. The first-order chi connectivity index (χ1) is 22.9. The van der Waals surface area contributed by atoms with Crippen LogP contribution in [0.5, 0.6) is 0 Å². The number of nitrogens with one attached hydrogen (secondary N) is 1. The van der Waals surface area contributed by atoms with Gasteiger partial charge in [0, 0.05) is 13.0 Å². The van der Waals surface area contributed by atoms with Crippen molar-refractivity contribution in [3.05, 3.63) is 24.3 Å². The van der Waals surface area contributed by atoms with Crippen molar-refractivity contribution < 1.29 is 28.4 Å². The Bertz CT molecular complexity index is 794. The Kier molecular flexibility index (Phi) is 34.1. The zero-order valence-corrected chi connectivity index (χ0v) is 31.4. The van der Waals surface area contributed by atoms with Crippen LogP contribution < -0.4 is 11.1 Å². The topological polar surface area (TPSA) is 131 Å². The Morgan fingerprint density at radius 1 is 0.681 bits per heavy atom. The number of rotatable bonds is 36. The van der Waals surface area contributed by atoms with E-state index in [1.54, 1.807) is 6.08 Å². The van der Waals surface area contributed by atoms with Gasteiger partial charge < -0.3 is 21.1 Å². The quantitative estimate of drug-likeness (QED) is 0.0293. The van der Waals surface area contributed by atoms with E-state index >= 15 is 0 Å². The fourth-order valence-electron chi connectivity index (χ4n) is 5.54.